The average molecular weight is 639 g/mol. The SMILES string of the molecule is C.CC(C)c1cc(Br)cc(C(C)C)c1I.CC(C)c1cc(Br)cc(C(C)C)c1N. The highest BCUT2D eigenvalue weighted by molar-refractivity contribution is 14.1. The van der Waals surface area contributed by atoms with Gasteiger partial charge in [0.2, 0.25) is 0 Å². The molecule has 0 saturated heterocycles. The summed E-state index contributed by atoms with van der Waals surface area (Å²) in [5.41, 5.74) is 12.5. The molecule has 0 fully saturated rings. The molecule has 0 unspecified atom stereocenters. The van der Waals surface area contributed by atoms with Crippen LogP contribution in [0.2, 0.25) is 0 Å². The molecule has 0 radical (unpaired) electrons. The molecule has 0 aliphatic heterocycles. The van der Waals surface area contributed by atoms with Gasteiger partial charge in [-0.15, -0.1) is 0 Å². The molecule has 0 saturated carbocycles. The van der Waals surface area contributed by atoms with Gasteiger partial charge in [0.15, 0.2) is 0 Å². The van der Waals surface area contributed by atoms with E-state index < -0.39 is 0 Å². The van der Waals surface area contributed by atoms with Gasteiger partial charge in [-0.3, -0.25) is 0 Å². The monoisotopic (exact) mass is 637 g/mol. The molecule has 0 aliphatic rings. The summed E-state index contributed by atoms with van der Waals surface area (Å²) in [6, 6.07) is 8.70. The van der Waals surface area contributed by atoms with Crippen LogP contribution >= 0.6 is 54.5 Å². The Morgan fingerprint density at radius 1 is 0.621 bits per heavy atom. The minimum atomic E-state index is 0. The molecule has 0 aliphatic carbocycles. The van der Waals surface area contributed by atoms with Crippen molar-refractivity contribution in [1.82, 2.24) is 0 Å². The molecule has 29 heavy (non-hydrogen) atoms. The minimum Gasteiger partial charge on any atom is -0.398 e. The summed E-state index contributed by atoms with van der Waals surface area (Å²) in [5, 5.41) is 0. The molecule has 0 bridgehead atoms. The Balaban J connectivity index is 0.000000523. The smallest absolute Gasteiger partial charge is 0.0385 e. The Bertz CT molecular complexity index is 670. The maximum absolute atomic E-state index is 6.13. The van der Waals surface area contributed by atoms with Crippen LogP contribution in [0, 0.1) is 3.57 Å². The lowest BCUT2D eigenvalue weighted by Gasteiger charge is -2.16. The predicted octanol–water partition coefficient (Wildman–Crippen LogP) is 10.2. The van der Waals surface area contributed by atoms with E-state index in [2.05, 4.69) is 134 Å². The first-order chi connectivity index (χ1) is 12.9. The third kappa shape index (κ3) is 8.17. The van der Waals surface area contributed by atoms with Crippen molar-refractivity contribution in [2.24, 2.45) is 0 Å². The molecular weight excluding hydrogens is 601 g/mol. The van der Waals surface area contributed by atoms with Crippen LogP contribution < -0.4 is 5.73 Å². The molecule has 164 valence electrons. The first-order valence-electron chi connectivity index (χ1n) is 9.94. The highest BCUT2D eigenvalue weighted by Crippen LogP contribution is 2.33. The van der Waals surface area contributed by atoms with Crippen LogP contribution in [0.4, 0.5) is 5.69 Å². The maximum Gasteiger partial charge on any atom is 0.0385 e. The van der Waals surface area contributed by atoms with Crippen molar-refractivity contribution in [3.05, 3.63) is 59.0 Å². The number of rotatable bonds is 4. The molecule has 0 aromatic heterocycles. The molecule has 0 spiro atoms. The van der Waals surface area contributed by atoms with Crippen LogP contribution in [0.25, 0.3) is 0 Å². The Hall–Kier alpha value is -0.0700. The van der Waals surface area contributed by atoms with Crippen LogP contribution in [0.3, 0.4) is 0 Å². The zero-order chi connectivity index (χ0) is 21.8. The van der Waals surface area contributed by atoms with E-state index in [1.807, 2.05) is 0 Å². The molecule has 2 aromatic carbocycles. The number of benzene rings is 2. The van der Waals surface area contributed by atoms with Crippen LogP contribution in [0.5, 0.6) is 0 Å². The lowest BCUT2D eigenvalue weighted by atomic mass is 9.93. The fourth-order valence-corrected chi connectivity index (χ4v) is 5.63. The minimum absolute atomic E-state index is 0. The first-order valence-corrected chi connectivity index (χ1v) is 12.6. The van der Waals surface area contributed by atoms with E-state index >= 15 is 0 Å². The number of hydrogen-bond acceptors (Lipinski definition) is 1. The van der Waals surface area contributed by atoms with Crippen molar-refractivity contribution < 1.29 is 0 Å². The highest BCUT2D eigenvalue weighted by Gasteiger charge is 2.13. The third-order valence-corrected chi connectivity index (χ3v) is 6.95. The van der Waals surface area contributed by atoms with Gasteiger partial charge >= 0.3 is 0 Å². The number of hydrogen-bond donors (Lipinski definition) is 1. The van der Waals surface area contributed by atoms with E-state index in [-0.39, 0.29) is 7.43 Å². The van der Waals surface area contributed by atoms with Crippen LogP contribution in [0.1, 0.15) is 109 Å². The fraction of sp³-hybridized carbons (Fsp3) is 0.520. The van der Waals surface area contributed by atoms with Crippen LogP contribution in [0.15, 0.2) is 33.2 Å². The van der Waals surface area contributed by atoms with Gasteiger partial charge in [0.05, 0.1) is 0 Å². The topological polar surface area (TPSA) is 26.0 Å². The summed E-state index contributed by atoms with van der Waals surface area (Å²) in [6.45, 7) is 17.7. The van der Waals surface area contributed by atoms with Crippen LogP contribution in [-0.2, 0) is 0 Å². The van der Waals surface area contributed by atoms with E-state index in [9.17, 15) is 0 Å². The summed E-state index contributed by atoms with van der Waals surface area (Å²) in [5.74, 6) is 2.14. The molecule has 0 heterocycles. The molecule has 2 rings (SSSR count). The Kier molecular flexibility index (Phi) is 12.7. The largest absolute Gasteiger partial charge is 0.398 e. The molecule has 2 N–H and O–H groups in total. The van der Waals surface area contributed by atoms with Crippen LogP contribution in [-0.4, -0.2) is 0 Å². The molecule has 2 aromatic rings. The second-order valence-electron chi connectivity index (χ2n) is 8.51. The summed E-state index contributed by atoms with van der Waals surface area (Å²) >= 11 is 9.58. The molecule has 0 atom stereocenters. The second kappa shape index (κ2) is 12.7. The third-order valence-electron chi connectivity index (χ3n) is 4.79. The summed E-state index contributed by atoms with van der Waals surface area (Å²) in [6.07, 6.45) is 0. The van der Waals surface area contributed by atoms with E-state index in [1.54, 1.807) is 0 Å². The summed E-state index contributed by atoms with van der Waals surface area (Å²) in [4.78, 5) is 0. The van der Waals surface area contributed by atoms with E-state index in [0.717, 1.165) is 10.2 Å². The zero-order valence-electron chi connectivity index (χ0n) is 18.3. The molecular formula is C25H38Br2IN. The number of nitrogen functional groups attached to an aromatic ring is 1. The van der Waals surface area contributed by atoms with E-state index in [1.165, 1.54) is 30.3 Å². The van der Waals surface area contributed by atoms with Crippen molar-refractivity contribution in [2.45, 2.75) is 86.5 Å². The van der Waals surface area contributed by atoms with Gasteiger partial charge in [0.25, 0.3) is 0 Å². The lowest BCUT2D eigenvalue weighted by Crippen LogP contribution is -2.03. The van der Waals surface area contributed by atoms with Gasteiger partial charge in [-0.2, -0.15) is 0 Å². The second-order valence-corrected chi connectivity index (χ2v) is 11.4. The number of nitrogens with two attached hydrogens (primary N) is 1. The number of halogens is 3. The van der Waals surface area contributed by atoms with Crippen molar-refractivity contribution in [1.29, 1.82) is 0 Å². The average Bonchev–Trinajstić information content (AvgIpc) is 2.58. The van der Waals surface area contributed by atoms with Gasteiger partial charge in [-0.25, -0.2) is 0 Å². The fourth-order valence-electron chi connectivity index (χ4n) is 3.09. The van der Waals surface area contributed by atoms with Gasteiger partial charge in [-0.1, -0.05) is 94.7 Å². The van der Waals surface area contributed by atoms with Crippen molar-refractivity contribution in [3.63, 3.8) is 0 Å². The summed E-state index contributed by atoms with van der Waals surface area (Å²) < 4.78 is 3.75. The normalized spacial score (nSPS) is 11.0. The molecule has 1 nitrogen and oxygen atoms in total. The van der Waals surface area contributed by atoms with Gasteiger partial charge in [0, 0.05) is 18.2 Å². The molecule has 0 amide bonds. The first kappa shape index (κ1) is 28.9. The van der Waals surface area contributed by atoms with Gasteiger partial charge < -0.3 is 5.73 Å². The van der Waals surface area contributed by atoms with Gasteiger partial charge in [0.1, 0.15) is 0 Å². The highest BCUT2D eigenvalue weighted by atomic mass is 127. The standard InChI is InChI=1S/C12H16BrI.C12H18BrN.CH4/c2*1-7(2)10-5-9(13)6-11(8(3)4)12(10)14;/h5-8H,1-4H3;5-8H,14H2,1-4H3;1H4. The van der Waals surface area contributed by atoms with Crippen molar-refractivity contribution in [3.8, 4) is 0 Å². The van der Waals surface area contributed by atoms with E-state index in [0.29, 0.717) is 23.7 Å². The molecule has 4 heteroatoms. The number of anilines is 1. The Morgan fingerprint density at radius 2 is 0.862 bits per heavy atom. The Labute approximate surface area is 210 Å². The van der Waals surface area contributed by atoms with Gasteiger partial charge in [-0.05, 0) is 92.8 Å². The predicted molar refractivity (Wildman–Crippen MR) is 149 cm³/mol. The van der Waals surface area contributed by atoms with Crippen molar-refractivity contribution in [2.75, 3.05) is 5.73 Å². The maximum atomic E-state index is 6.13. The van der Waals surface area contributed by atoms with Crippen molar-refractivity contribution >= 4 is 60.1 Å². The lowest BCUT2D eigenvalue weighted by molar-refractivity contribution is 0.821. The summed E-state index contributed by atoms with van der Waals surface area (Å²) in [7, 11) is 0. The quantitative estimate of drug-likeness (QED) is 0.262. The van der Waals surface area contributed by atoms with E-state index in [4.69, 9.17) is 5.73 Å². The zero-order valence-corrected chi connectivity index (χ0v) is 23.7. The Morgan fingerprint density at radius 3 is 1.10 bits per heavy atom.